The van der Waals surface area contributed by atoms with Gasteiger partial charge in [0.25, 0.3) is 5.69 Å². The number of fused-ring (bicyclic) bond motifs is 3. The van der Waals surface area contributed by atoms with Gasteiger partial charge in [-0.25, -0.2) is 4.98 Å². The SMILES string of the molecule is O=[N+]([O-])c1ccccc1-c1cc(Cl)nc2c(O)c(Cl)c3c(c12)OCC3. The van der Waals surface area contributed by atoms with Gasteiger partial charge in [0, 0.05) is 23.6 Å². The molecular formula is C17H10Cl2N2O4. The van der Waals surface area contributed by atoms with E-state index in [0.29, 0.717) is 40.9 Å². The summed E-state index contributed by atoms with van der Waals surface area (Å²) in [5.41, 5.74) is 1.57. The molecule has 1 aromatic heterocycles. The number of pyridine rings is 1. The van der Waals surface area contributed by atoms with Crippen LogP contribution in [0.1, 0.15) is 5.56 Å². The Balaban J connectivity index is 2.18. The fraction of sp³-hybridized carbons (Fsp3) is 0.118. The van der Waals surface area contributed by atoms with Crippen LogP contribution in [0.2, 0.25) is 10.2 Å². The summed E-state index contributed by atoms with van der Waals surface area (Å²) >= 11 is 12.3. The second kappa shape index (κ2) is 5.75. The molecule has 3 aromatic rings. The highest BCUT2D eigenvalue weighted by Crippen LogP contribution is 2.49. The van der Waals surface area contributed by atoms with Gasteiger partial charge < -0.3 is 9.84 Å². The molecule has 4 rings (SSSR count). The molecule has 8 heteroatoms. The first-order valence-electron chi connectivity index (χ1n) is 7.39. The monoisotopic (exact) mass is 376 g/mol. The smallest absolute Gasteiger partial charge is 0.277 e. The molecular weight excluding hydrogens is 367 g/mol. The number of para-hydroxylation sites is 1. The van der Waals surface area contributed by atoms with Crippen LogP contribution in [0.15, 0.2) is 30.3 Å². The Morgan fingerprint density at radius 2 is 2.00 bits per heavy atom. The molecule has 0 fully saturated rings. The third kappa shape index (κ3) is 2.37. The number of phenolic OH excluding ortho intramolecular Hbond substituents is 1. The van der Waals surface area contributed by atoms with E-state index in [1.165, 1.54) is 12.1 Å². The Morgan fingerprint density at radius 3 is 2.76 bits per heavy atom. The molecule has 0 bridgehead atoms. The van der Waals surface area contributed by atoms with E-state index in [1.54, 1.807) is 18.2 Å². The number of phenols is 1. The fourth-order valence-electron chi connectivity index (χ4n) is 3.12. The number of ether oxygens (including phenoxy) is 1. The van der Waals surface area contributed by atoms with Gasteiger partial charge in [0.1, 0.15) is 16.4 Å². The minimum atomic E-state index is -0.466. The first-order chi connectivity index (χ1) is 12.0. The van der Waals surface area contributed by atoms with Crippen molar-refractivity contribution in [3.8, 4) is 22.6 Å². The average Bonchev–Trinajstić information content (AvgIpc) is 3.08. The maximum Gasteiger partial charge on any atom is 0.277 e. The summed E-state index contributed by atoms with van der Waals surface area (Å²) in [7, 11) is 0. The van der Waals surface area contributed by atoms with Crippen LogP contribution in [0.25, 0.3) is 22.0 Å². The lowest BCUT2D eigenvalue weighted by molar-refractivity contribution is -0.384. The lowest BCUT2D eigenvalue weighted by Crippen LogP contribution is -1.96. The third-order valence-corrected chi connectivity index (χ3v) is 4.78. The van der Waals surface area contributed by atoms with Crippen molar-refractivity contribution in [1.29, 1.82) is 0 Å². The molecule has 1 aliphatic heterocycles. The Morgan fingerprint density at radius 1 is 1.24 bits per heavy atom. The summed E-state index contributed by atoms with van der Waals surface area (Å²) in [6.45, 7) is 0.409. The number of nitrogens with zero attached hydrogens (tertiary/aromatic N) is 2. The topological polar surface area (TPSA) is 85.5 Å². The first-order valence-corrected chi connectivity index (χ1v) is 8.14. The fourth-order valence-corrected chi connectivity index (χ4v) is 3.59. The predicted molar refractivity (Wildman–Crippen MR) is 94.7 cm³/mol. The number of nitro groups is 1. The van der Waals surface area contributed by atoms with Crippen LogP contribution in [0.3, 0.4) is 0 Å². The second-order valence-electron chi connectivity index (χ2n) is 5.56. The van der Waals surface area contributed by atoms with Gasteiger partial charge in [-0.1, -0.05) is 35.3 Å². The molecule has 0 atom stereocenters. The van der Waals surface area contributed by atoms with E-state index >= 15 is 0 Å². The summed E-state index contributed by atoms with van der Waals surface area (Å²) in [5.74, 6) is 0.276. The van der Waals surface area contributed by atoms with Gasteiger partial charge in [-0.2, -0.15) is 0 Å². The van der Waals surface area contributed by atoms with E-state index < -0.39 is 4.92 Å². The molecule has 25 heavy (non-hydrogen) atoms. The number of hydrogen-bond donors (Lipinski definition) is 1. The van der Waals surface area contributed by atoms with Gasteiger partial charge in [0.05, 0.1) is 27.5 Å². The zero-order chi connectivity index (χ0) is 17.7. The van der Waals surface area contributed by atoms with Crippen molar-refractivity contribution in [2.24, 2.45) is 0 Å². The number of nitro benzene ring substituents is 1. The Labute approximate surface area is 151 Å². The van der Waals surface area contributed by atoms with Crippen LogP contribution >= 0.6 is 23.2 Å². The summed E-state index contributed by atoms with van der Waals surface area (Å²) in [6.07, 6.45) is 0.538. The average molecular weight is 377 g/mol. The van der Waals surface area contributed by atoms with Gasteiger partial charge in [-0.05, 0) is 12.1 Å². The Hall–Kier alpha value is -2.57. The number of rotatable bonds is 2. The second-order valence-corrected chi connectivity index (χ2v) is 6.32. The van der Waals surface area contributed by atoms with Crippen molar-refractivity contribution in [2.75, 3.05) is 6.61 Å². The lowest BCUT2D eigenvalue weighted by atomic mass is 9.97. The zero-order valence-corrected chi connectivity index (χ0v) is 14.1. The summed E-state index contributed by atoms with van der Waals surface area (Å²) in [4.78, 5) is 15.1. The number of halogens is 2. The standard InChI is InChI=1S/C17H10Cl2N2O4/c18-12-7-10(8-3-1-2-4-11(8)21(23)24)13-15(20-12)16(22)14(19)9-5-6-25-17(9)13/h1-4,7,22H,5-6H2. The maximum absolute atomic E-state index is 11.4. The van der Waals surface area contributed by atoms with Crippen LogP contribution in [0, 0.1) is 10.1 Å². The molecule has 0 saturated heterocycles. The Kier molecular flexibility index (Phi) is 3.67. The normalized spacial score (nSPS) is 12.9. The minimum Gasteiger partial charge on any atom is -0.504 e. The number of aromatic hydroxyl groups is 1. The molecule has 0 unspecified atom stereocenters. The molecule has 126 valence electrons. The van der Waals surface area contributed by atoms with Crippen LogP contribution in [0.5, 0.6) is 11.5 Å². The molecule has 0 amide bonds. The van der Waals surface area contributed by atoms with Gasteiger partial charge in [0.2, 0.25) is 0 Å². The number of aromatic nitrogens is 1. The van der Waals surface area contributed by atoms with Crippen molar-refractivity contribution < 1.29 is 14.8 Å². The van der Waals surface area contributed by atoms with E-state index in [2.05, 4.69) is 4.98 Å². The quantitative estimate of drug-likeness (QED) is 0.396. The minimum absolute atomic E-state index is 0.0766. The predicted octanol–water partition coefficient (Wildman–Crippen LogP) is 4.76. The summed E-state index contributed by atoms with van der Waals surface area (Å²) in [5, 5.41) is 22.6. The van der Waals surface area contributed by atoms with Crippen molar-refractivity contribution in [2.45, 2.75) is 6.42 Å². The molecule has 0 radical (unpaired) electrons. The molecule has 0 aliphatic carbocycles. The number of benzene rings is 2. The summed E-state index contributed by atoms with van der Waals surface area (Å²) < 4.78 is 5.70. The van der Waals surface area contributed by atoms with Crippen molar-refractivity contribution >= 4 is 39.8 Å². The number of hydrogen-bond acceptors (Lipinski definition) is 5. The van der Waals surface area contributed by atoms with Gasteiger partial charge in [-0.3, -0.25) is 10.1 Å². The van der Waals surface area contributed by atoms with Crippen LogP contribution in [-0.2, 0) is 6.42 Å². The van der Waals surface area contributed by atoms with E-state index in [-0.39, 0.29) is 27.1 Å². The Bertz CT molecular complexity index is 1050. The van der Waals surface area contributed by atoms with E-state index in [4.69, 9.17) is 27.9 Å². The highest BCUT2D eigenvalue weighted by atomic mass is 35.5. The maximum atomic E-state index is 11.4. The first kappa shape index (κ1) is 15.9. The highest BCUT2D eigenvalue weighted by Gasteiger charge is 2.28. The van der Waals surface area contributed by atoms with E-state index in [1.807, 2.05) is 0 Å². The van der Waals surface area contributed by atoms with Crippen LogP contribution in [-0.4, -0.2) is 21.6 Å². The van der Waals surface area contributed by atoms with Crippen molar-refractivity contribution in [1.82, 2.24) is 4.98 Å². The molecule has 2 heterocycles. The zero-order valence-electron chi connectivity index (χ0n) is 12.6. The van der Waals surface area contributed by atoms with E-state index in [9.17, 15) is 15.2 Å². The van der Waals surface area contributed by atoms with Crippen molar-refractivity contribution in [3.63, 3.8) is 0 Å². The molecule has 6 nitrogen and oxygen atoms in total. The molecule has 1 N–H and O–H groups in total. The molecule has 1 aliphatic rings. The van der Waals surface area contributed by atoms with Crippen LogP contribution < -0.4 is 4.74 Å². The molecule has 2 aromatic carbocycles. The van der Waals surface area contributed by atoms with Gasteiger partial charge in [0.15, 0.2) is 5.75 Å². The van der Waals surface area contributed by atoms with Gasteiger partial charge in [-0.15, -0.1) is 0 Å². The van der Waals surface area contributed by atoms with Crippen molar-refractivity contribution in [3.05, 3.63) is 56.2 Å². The third-order valence-electron chi connectivity index (χ3n) is 4.18. The van der Waals surface area contributed by atoms with E-state index in [0.717, 1.165) is 0 Å². The largest absolute Gasteiger partial charge is 0.504 e. The molecule has 0 spiro atoms. The summed E-state index contributed by atoms with van der Waals surface area (Å²) in [6, 6.07) is 7.84. The van der Waals surface area contributed by atoms with Gasteiger partial charge >= 0.3 is 0 Å². The lowest BCUT2D eigenvalue weighted by Gasteiger charge is -2.14. The van der Waals surface area contributed by atoms with Crippen LogP contribution in [0.4, 0.5) is 5.69 Å². The highest BCUT2D eigenvalue weighted by molar-refractivity contribution is 6.35. The molecule has 0 saturated carbocycles.